The Morgan fingerprint density at radius 2 is 1.74 bits per heavy atom. The van der Waals surface area contributed by atoms with E-state index in [0.29, 0.717) is 6.61 Å². The standard InChI is InChI=1S/C21H23NO/c1-2-8-17(9-3-1)16-23-15-13-19-18-10-4-5-11-20(18)22-14-7-6-12-21(19)22/h1-5,8-11H,6-7,12-16H2. The first-order valence-electron chi connectivity index (χ1n) is 8.64. The van der Waals surface area contributed by atoms with Gasteiger partial charge in [-0.15, -0.1) is 0 Å². The lowest BCUT2D eigenvalue weighted by Crippen LogP contribution is -2.11. The van der Waals surface area contributed by atoms with E-state index in [4.69, 9.17) is 4.74 Å². The topological polar surface area (TPSA) is 14.2 Å². The number of hydrogen-bond donors (Lipinski definition) is 0. The van der Waals surface area contributed by atoms with Gasteiger partial charge in [0.1, 0.15) is 0 Å². The number of nitrogens with zero attached hydrogens (tertiary/aromatic N) is 1. The maximum absolute atomic E-state index is 5.92. The Morgan fingerprint density at radius 3 is 2.65 bits per heavy atom. The number of aryl methyl sites for hydroxylation is 1. The average molecular weight is 305 g/mol. The Bertz CT molecular complexity index is 788. The van der Waals surface area contributed by atoms with Crippen LogP contribution in [0.4, 0.5) is 0 Å². The van der Waals surface area contributed by atoms with Gasteiger partial charge in [0.05, 0.1) is 13.2 Å². The van der Waals surface area contributed by atoms with E-state index < -0.39 is 0 Å². The highest BCUT2D eigenvalue weighted by atomic mass is 16.5. The largest absolute Gasteiger partial charge is 0.376 e. The molecule has 2 aromatic carbocycles. The van der Waals surface area contributed by atoms with Crippen molar-refractivity contribution in [2.24, 2.45) is 0 Å². The maximum atomic E-state index is 5.92. The number of benzene rings is 2. The van der Waals surface area contributed by atoms with Crippen molar-refractivity contribution in [2.75, 3.05) is 6.61 Å². The third kappa shape index (κ3) is 2.91. The molecule has 2 heterocycles. The van der Waals surface area contributed by atoms with Crippen molar-refractivity contribution < 1.29 is 4.74 Å². The van der Waals surface area contributed by atoms with Crippen molar-refractivity contribution in [3.8, 4) is 0 Å². The van der Waals surface area contributed by atoms with E-state index >= 15 is 0 Å². The lowest BCUT2D eigenvalue weighted by atomic mass is 10.0. The van der Waals surface area contributed by atoms with Gasteiger partial charge in [0.15, 0.2) is 0 Å². The molecule has 0 spiro atoms. The van der Waals surface area contributed by atoms with Gasteiger partial charge in [-0.2, -0.15) is 0 Å². The zero-order chi connectivity index (χ0) is 15.5. The van der Waals surface area contributed by atoms with Crippen molar-refractivity contribution >= 4 is 10.9 Å². The van der Waals surface area contributed by atoms with E-state index in [1.165, 1.54) is 47.8 Å². The number of fused-ring (bicyclic) bond motifs is 3. The number of aromatic nitrogens is 1. The number of ether oxygens (including phenoxy) is 1. The molecule has 1 aliphatic heterocycles. The molecule has 118 valence electrons. The first-order chi connectivity index (χ1) is 11.4. The summed E-state index contributed by atoms with van der Waals surface area (Å²) in [6, 6.07) is 19.3. The molecule has 2 nitrogen and oxygen atoms in total. The molecule has 0 atom stereocenters. The second-order valence-electron chi connectivity index (χ2n) is 6.34. The van der Waals surface area contributed by atoms with Crippen LogP contribution in [-0.4, -0.2) is 11.2 Å². The molecule has 1 aliphatic rings. The van der Waals surface area contributed by atoms with Gasteiger partial charge < -0.3 is 9.30 Å². The van der Waals surface area contributed by atoms with Gasteiger partial charge in [-0.05, 0) is 42.9 Å². The van der Waals surface area contributed by atoms with Crippen LogP contribution in [0.3, 0.4) is 0 Å². The molecule has 0 unspecified atom stereocenters. The fraction of sp³-hybridized carbons (Fsp3) is 0.333. The van der Waals surface area contributed by atoms with Crippen LogP contribution in [0.2, 0.25) is 0 Å². The fourth-order valence-corrected chi connectivity index (χ4v) is 3.75. The van der Waals surface area contributed by atoms with Gasteiger partial charge in [0, 0.05) is 23.1 Å². The number of para-hydroxylation sites is 1. The second-order valence-corrected chi connectivity index (χ2v) is 6.34. The summed E-state index contributed by atoms with van der Waals surface area (Å²) < 4.78 is 8.46. The van der Waals surface area contributed by atoms with Gasteiger partial charge in [0.25, 0.3) is 0 Å². The van der Waals surface area contributed by atoms with Crippen LogP contribution in [0, 0.1) is 0 Å². The molecule has 0 N–H and O–H groups in total. The minimum Gasteiger partial charge on any atom is -0.376 e. The van der Waals surface area contributed by atoms with Crippen molar-refractivity contribution in [3.63, 3.8) is 0 Å². The van der Waals surface area contributed by atoms with Gasteiger partial charge in [-0.25, -0.2) is 0 Å². The van der Waals surface area contributed by atoms with Crippen molar-refractivity contribution in [1.82, 2.24) is 4.57 Å². The van der Waals surface area contributed by atoms with Crippen LogP contribution >= 0.6 is 0 Å². The SMILES string of the molecule is c1ccc(COCCc2c3n(c4ccccc24)CCCC3)cc1. The summed E-state index contributed by atoms with van der Waals surface area (Å²) in [6.07, 6.45) is 4.84. The fourth-order valence-electron chi connectivity index (χ4n) is 3.75. The van der Waals surface area contributed by atoms with E-state index in [0.717, 1.165) is 13.0 Å². The number of rotatable bonds is 5. The number of hydrogen-bond acceptors (Lipinski definition) is 1. The average Bonchev–Trinajstić information content (AvgIpc) is 2.94. The van der Waals surface area contributed by atoms with Crippen LogP contribution in [0.25, 0.3) is 10.9 Å². The van der Waals surface area contributed by atoms with Gasteiger partial charge in [-0.1, -0.05) is 48.5 Å². The lowest BCUT2D eigenvalue weighted by molar-refractivity contribution is 0.124. The van der Waals surface area contributed by atoms with E-state index in [-0.39, 0.29) is 0 Å². The highest BCUT2D eigenvalue weighted by Crippen LogP contribution is 2.31. The normalized spacial score (nSPS) is 14.1. The molecule has 0 saturated heterocycles. The van der Waals surface area contributed by atoms with Crippen LogP contribution in [-0.2, 0) is 30.7 Å². The maximum Gasteiger partial charge on any atom is 0.0717 e. The highest BCUT2D eigenvalue weighted by Gasteiger charge is 2.18. The van der Waals surface area contributed by atoms with Gasteiger partial charge in [-0.3, -0.25) is 0 Å². The Kier molecular flexibility index (Phi) is 4.16. The lowest BCUT2D eigenvalue weighted by Gasteiger charge is -2.17. The van der Waals surface area contributed by atoms with Gasteiger partial charge >= 0.3 is 0 Å². The van der Waals surface area contributed by atoms with Crippen molar-refractivity contribution in [2.45, 2.75) is 38.8 Å². The molecule has 0 saturated carbocycles. The minimum absolute atomic E-state index is 0.703. The predicted molar refractivity (Wildman–Crippen MR) is 94.7 cm³/mol. The van der Waals surface area contributed by atoms with Gasteiger partial charge in [0.2, 0.25) is 0 Å². The third-order valence-electron chi connectivity index (χ3n) is 4.85. The first kappa shape index (κ1) is 14.5. The molecular formula is C21H23NO. The molecule has 0 fully saturated rings. The van der Waals surface area contributed by atoms with Crippen LogP contribution < -0.4 is 0 Å². The third-order valence-corrected chi connectivity index (χ3v) is 4.85. The molecule has 0 amide bonds. The summed E-state index contributed by atoms with van der Waals surface area (Å²) in [4.78, 5) is 0. The molecule has 3 aromatic rings. The van der Waals surface area contributed by atoms with Crippen molar-refractivity contribution in [1.29, 1.82) is 0 Å². The zero-order valence-corrected chi connectivity index (χ0v) is 13.5. The molecule has 0 aliphatic carbocycles. The van der Waals surface area contributed by atoms with Crippen LogP contribution in [0.1, 0.15) is 29.7 Å². The zero-order valence-electron chi connectivity index (χ0n) is 13.5. The smallest absolute Gasteiger partial charge is 0.0717 e. The summed E-state index contributed by atoms with van der Waals surface area (Å²) in [5.41, 5.74) is 5.70. The monoisotopic (exact) mass is 305 g/mol. The molecule has 0 radical (unpaired) electrons. The summed E-state index contributed by atoms with van der Waals surface area (Å²) in [6.45, 7) is 2.66. The van der Waals surface area contributed by atoms with E-state index in [1.54, 1.807) is 5.69 Å². The Labute approximate surface area is 137 Å². The first-order valence-corrected chi connectivity index (χ1v) is 8.64. The summed E-state index contributed by atoms with van der Waals surface area (Å²) in [5, 5.41) is 1.42. The van der Waals surface area contributed by atoms with Crippen LogP contribution in [0.5, 0.6) is 0 Å². The summed E-state index contributed by atoms with van der Waals surface area (Å²) in [7, 11) is 0. The second kappa shape index (κ2) is 6.59. The summed E-state index contributed by atoms with van der Waals surface area (Å²) in [5.74, 6) is 0. The minimum atomic E-state index is 0.703. The Morgan fingerprint density at radius 1 is 0.913 bits per heavy atom. The highest BCUT2D eigenvalue weighted by molar-refractivity contribution is 5.85. The Balaban J connectivity index is 1.50. The molecule has 23 heavy (non-hydrogen) atoms. The van der Waals surface area contributed by atoms with Crippen molar-refractivity contribution in [3.05, 3.63) is 71.4 Å². The predicted octanol–water partition coefficient (Wildman–Crippen LogP) is 4.74. The van der Waals surface area contributed by atoms with E-state index in [2.05, 4.69) is 53.1 Å². The molecule has 2 heteroatoms. The van der Waals surface area contributed by atoms with Crippen LogP contribution in [0.15, 0.2) is 54.6 Å². The molecule has 4 rings (SSSR count). The quantitative estimate of drug-likeness (QED) is 0.621. The summed E-state index contributed by atoms with van der Waals surface area (Å²) >= 11 is 0. The molecule has 1 aromatic heterocycles. The molecule has 0 bridgehead atoms. The Hall–Kier alpha value is -2.06. The van der Waals surface area contributed by atoms with E-state index in [9.17, 15) is 0 Å². The van der Waals surface area contributed by atoms with E-state index in [1.807, 2.05) is 6.07 Å². The molecular weight excluding hydrogens is 282 g/mol.